The van der Waals surface area contributed by atoms with Crippen LogP contribution in [0.3, 0.4) is 0 Å². The number of nitrogens with one attached hydrogen (secondary N) is 2. The molecule has 0 spiro atoms. The van der Waals surface area contributed by atoms with Gasteiger partial charge in [0, 0.05) is 19.1 Å². The van der Waals surface area contributed by atoms with Gasteiger partial charge in [0.25, 0.3) is 0 Å². The summed E-state index contributed by atoms with van der Waals surface area (Å²) in [5, 5.41) is 7.67. The third-order valence-electron chi connectivity index (χ3n) is 4.54. The topological polar surface area (TPSA) is 27.3 Å². The van der Waals surface area contributed by atoms with E-state index in [1.165, 1.54) is 50.6 Å². The second-order valence-electron chi connectivity index (χ2n) is 6.14. The minimum atomic E-state index is 0.553. The molecular weight excluding hydrogens is 278 g/mol. The van der Waals surface area contributed by atoms with Crippen LogP contribution in [0.1, 0.15) is 44.9 Å². The van der Waals surface area contributed by atoms with Crippen LogP contribution >= 0.6 is 12.2 Å². The first-order valence-electron chi connectivity index (χ1n) is 8.24. The van der Waals surface area contributed by atoms with Crippen LogP contribution in [-0.4, -0.2) is 24.2 Å². The van der Waals surface area contributed by atoms with E-state index in [4.69, 9.17) is 12.2 Å². The summed E-state index contributed by atoms with van der Waals surface area (Å²) in [6.07, 6.45) is 9.09. The van der Waals surface area contributed by atoms with Gasteiger partial charge in [-0.05, 0) is 50.0 Å². The van der Waals surface area contributed by atoms with E-state index < -0.39 is 0 Å². The average molecular weight is 303 g/mol. The highest BCUT2D eigenvalue weighted by molar-refractivity contribution is 7.80. The van der Waals surface area contributed by atoms with E-state index >= 15 is 0 Å². The second kappa shape index (κ2) is 7.12. The zero-order chi connectivity index (χ0) is 14.5. The summed E-state index contributed by atoms with van der Waals surface area (Å²) in [6.45, 7) is 2.31. The van der Waals surface area contributed by atoms with Gasteiger partial charge in [0.15, 0.2) is 5.11 Å². The first-order valence-corrected chi connectivity index (χ1v) is 8.65. The molecule has 1 heterocycles. The van der Waals surface area contributed by atoms with Crippen LogP contribution in [0.2, 0.25) is 0 Å². The molecule has 0 aromatic heterocycles. The molecule has 0 atom stereocenters. The van der Waals surface area contributed by atoms with E-state index in [0.717, 1.165) is 23.9 Å². The van der Waals surface area contributed by atoms with Crippen molar-refractivity contribution in [1.82, 2.24) is 5.32 Å². The lowest BCUT2D eigenvalue weighted by Gasteiger charge is -2.26. The van der Waals surface area contributed by atoms with Crippen molar-refractivity contribution in [2.45, 2.75) is 51.0 Å². The highest BCUT2D eigenvalue weighted by Crippen LogP contribution is 2.28. The van der Waals surface area contributed by atoms with E-state index in [1.54, 1.807) is 0 Å². The summed E-state index contributed by atoms with van der Waals surface area (Å²) < 4.78 is 0. The van der Waals surface area contributed by atoms with E-state index in [-0.39, 0.29) is 0 Å². The molecule has 1 aliphatic carbocycles. The van der Waals surface area contributed by atoms with Crippen LogP contribution in [0.4, 0.5) is 11.4 Å². The van der Waals surface area contributed by atoms with E-state index in [1.807, 2.05) is 0 Å². The molecule has 2 aliphatic rings. The summed E-state index contributed by atoms with van der Waals surface area (Å²) in [5.74, 6) is 0. The lowest BCUT2D eigenvalue weighted by Crippen LogP contribution is -2.39. The van der Waals surface area contributed by atoms with Crippen molar-refractivity contribution in [1.29, 1.82) is 0 Å². The van der Waals surface area contributed by atoms with Crippen LogP contribution in [0.25, 0.3) is 0 Å². The molecule has 3 nitrogen and oxygen atoms in total. The Balaban J connectivity index is 1.62. The number of para-hydroxylation sites is 2. The molecule has 4 heteroatoms. The highest BCUT2D eigenvalue weighted by atomic mass is 32.1. The van der Waals surface area contributed by atoms with Crippen molar-refractivity contribution < 1.29 is 0 Å². The van der Waals surface area contributed by atoms with Crippen molar-refractivity contribution in [3.05, 3.63) is 24.3 Å². The quantitative estimate of drug-likeness (QED) is 0.828. The lowest BCUT2D eigenvalue weighted by atomic mass is 9.96. The Bertz CT molecular complexity index is 477. The molecule has 21 heavy (non-hydrogen) atoms. The zero-order valence-corrected chi connectivity index (χ0v) is 13.4. The van der Waals surface area contributed by atoms with E-state index in [0.29, 0.717) is 6.04 Å². The molecule has 3 rings (SSSR count). The van der Waals surface area contributed by atoms with Gasteiger partial charge in [0.1, 0.15) is 0 Å². The summed E-state index contributed by atoms with van der Waals surface area (Å²) >= 11 is 5.51. The molecule has 2 N–H and O–H groups in total. The maximum Gasteiger partial charge on any atom is 0.171 e. The van der Waals surface area contributed by atoms with Gasteiger partial charge in [-0.3, -0.25) is 0 Å². The standard InChI is InChI=1S/C17H25N3S/c21-17(18-14-8-2-1-3-9-14)19-15-10-4-5-11-16(15)20-12-6-7-13-20/h4-5,10-11,14H,1-3,6-9,12-13H2,(H2,18,19,21). The number of thiocarbonyl (C=S) groups is 1. The number of benzene rings is 1. The fourth-order valence-corrected chi connectivity index (χ4v) is 3.68. The monoisotopic (exact) mass is 303 g/mol. The average Bonchev–Trinajstić information content (AvgIpc) is 3.03. The predicted molar refractivity (Wildman–Crippen MR) is 94.1 cm³/mol. The molecule has 1 aromatic rings. The predicted octanol–water partition coefficient (Wildman–Crippen LogP) is 3.91. The number of hydrogen-bond acceptors (Lipinski definition) is 2. The van der Waals surface area contributed by atoms with E-state index in [2.05, 4.69) is 39.8 Å². The van der Waals surface area contributed by atoms with Gasteiger partial charge in [-0.25, -0.2) is 0 Å². The Hall–Kier alpha value is -1.29. The second-order valence-corrected chi connectivity index (χ2v) is 6.55. The van der Waals surface area contributed by atoms with Gasteiger partial charge < -0.3 is 15.5 Å². The molecular formula is C17H25N3S. The lowest BCUT2D eigenvalue weighted by molar-refractivity contribution is 0.415. The van der Waals surface area contributed by atoms with Gasteiger partial charge in [0.05, 0.1) is 11.4 Å². The van der Waals surface area contributed by atoms with E-state index in [9.17, 15) is 0 Å². The van der Waals surface area contributed by atoms with Crippen molar-refractivity contribution in [3.63, 3.8) is 0 Å². The van der Waals surface area contributed by atoms with Gasteiger partial charge >= 0.3 is 0 Å². The van der Waals surface area contributed by atoms with Crippen molar-refractivity contribution in [3.8, 4) is 0 Å². The van der Waals surface area contributed by atoms with Gasteiger partial charge in [-0.2, -0.15) is 0 Å². The Labute approximate surface area is 133 Å². The van der Waals surface area contributed by atoms with Gasteiger partial charge in [-0.1, -0.05) is 31.4 Å². The highest BCUT2D eigenvalue weighted by Gasteiger charge is 2.17. The Kier molecular flexibility index (Phi) is 4.96. The first-order chi connectivity index (χ1) is 10.3. The van der Waals surface area contributed by atoms with Crippen LogP contribution < -0.4 is 15.5 Å². The largest absolute Gasteiger partial charge is 0.370 e. The van der Waals surface area contributed by atoms with Gasteiger partial charge in [-0.15, -0.1) is 0 Å². The molecule has 1 saturated carbocycles. The van der Waals surface area contributed by atoms with Crippen LogP contribution in [0.5, 0.6) is 0 Å². The third kappa shape index (κ3) is 3.88. The number of hydrogen-bond donors (Lipinski definition) is 2. The maximum absolute atomic E-state index is 5.51. The molecule has 1 aromatic carbocycles. The minimum Gasteiger partial charge on any atom is -0.370 e. The Morgan fingerprint density at radius 1 is 1.00 bits per heavy atom. The van der Waals surface area contributed by atoms with Crippen LogP contribution in [0.15, 0.2) is 24.3 Å². The smallest absolute Gasteiger partial charge is 0.171 e. The van der Waals surface area contributed by atoms with Gasteiger partial charge in [0.2, 0.25) is 0 Å². The fraction of sp³-hybridized carbons (Fsp3) is 0.588. The minimum absolute atomic E-state index is 0.553. The molecule has 114 valence electrons. The first kappa shape index (κ1) is 14.6. The third-order valence-corrected chi connectivity index (χ3v) is 4.76. The van der Waals surface area contributed by atoms with Crippen molar-refractivity contribution in [2.24, 2.45) is 0 Å². The van der Waals surface area contributed by atoms with Crippen molar-refractivity contribution >= 4 is 28.7 Å². The normalized spacial score (nSPS) is 19.5. The molecule has 0 bridgehead atoms. The molecule has 0 amide bonds. The number of nitrogens with zero attached hydrogens (tertiary/aromatic N) is 1. The molecule has 2 fully saturated rings. The molecule has 0 unspecified atom stereocenters. The summed E-state index contributed by atoms with van der Waals surface area (Å²) in [5.41, 5.74) is 2.41. The van der Waals surface area contributed by atoms with Crippen LogP contribution in [-0.2, 0) is 0 Å². The summed E-state index contributed by atoms with van der Waals surface area (Å²) in [7, 11) is 0. The number of rotatable bonds is 3. The fourth-order valence-electron chi connectivity index (χ4n) is 3.40. The molecule has 1 aliphatic heterocycles. The summed E-state index contributed by atoms with van der Waals surface area (Å²) in [6, 6.07) is 9.05. The SMILES string of the molecule is S=C(Nc1ccccc1N1CCCC1)NC1CCCCC1. The maximum atomic E-state index is 5.51. The Morgan fingerprint density at radius 2 is 1.71 bits per heavy atom. The zero-order valence-electron chi connectivity index (χ0n) is 12.6. The number of anilines is 2. The van der Waals surface area contributed by atoms with Crippen LogP contribution in [0, 0.1) is 0 Å². The Morgan fingerprint density at radius 3 is 2.48 bits per heavy atom. The molecule has 1 saturated heterocycles. The van der Waals surface area contributed by atoms with Crippen molar-refractivity contribution in [2.75, 3.05) is 23.3 Å². The summed E-state index contributed by atoms with van der Waals surface area (Å²) in [4.78, 5) is 2.45. The molecule has 0 radical (unpaired) electrons.